The van der Waals surface area contributed by atoms with Crippen molar-refractivity contribution in [3.63, 3.8) is 0 Å². The first-order chi connectivity index (χ1) is 15.3. The van der Waals surface area contributed by atoms with Crippen molar-refractivity contribution < 1.29 is 17.6 Å². The predicted octanol–water partition coefficient (Wildman–Crippen LogP) is 4.35. The third kappa shape index (κ3) is 3.95. The van der Waals surface area contributed by atoms with Crippen LogP contribution in [-0.2, 0) is 0 Å². The lowest BCUT2D eigenvalue weighted by molar-refractivity contribution is 0.355. The molecule has 0 spiro atoms. The first kappa shape index (κ1) is 21.2. The molecule has 0 unspecified atom stereocenters. The molecule has 0 bridgehead atoms. The second-order valence-corrected chi connectivity index (χ2v) is 8.61. The van der Waals surface area contributed by atoms with Gasteiger partial charge in [-0.05, 0) is 36.5 Å². The molecule has 1 saturated carbocycles. The van der Waals surface area contributed by atoms with Crippen molar-refractivity contribution in [3.8, 4) is 0 Å². The van der Waals surface area contributed by atoms with Gasteiger partial charge in [0.1, 0.15) is 35.5 Å². The molecule has 4 atom stereocenters. The first-order valence-corrected chi connectivity index (χ1v) is 10.7. The molecule has 5 rings (SSSR count). The van der Waals surface area contributed by atoms with Crippen LogP contribution < -0.4 is 15.5 Å². The minimum Gasteiger partial charge on any atom is -0.357 e. The van der Waals surface area contributed by atoms with E-state index in [0.29, 0.717) is 23.6 Å². The molecule has 3 aromatic rings. The summed E-state index contributed by atoms with van der Waals surface area (Å²) in [4.78, 5) is 6.12. The number of halogens is 5. The minimum absolute atomic E-state index is 0.00183. The van der Waals surface area contributed by atoms with Gasteiger partial charge in [-0.3, -0.25) is 0 Å². The zero-order valence-electron chi connectivity index (χ0n) is 16.4. The number of hydrogen-bond acceptors (Lipinski definition) is 4. The van der Waals surface area contributed by atoms with Crippen molar-refractivity contribution in [2.24, 2.45) is 0 Å². The maximum atomic E-state index is 14.4. The molecule has 6 nitrogen and oxygen atoms in total. The van der Waals surface area contributed by atoms with Gasteiger partial charge in [-0.2, -0.15) is 5.10 Å². The zero-order valence-corrected chi connectivity index (χ0v) is 18.0. The Kier molecular flexibility index (Phi) is 5.32. The van der Waals surface area contributed by atoms with Crippen LogP contribution in [0, 0.1) is 11.6 Å². The van der Waals surface area contributed by atoms with Gasteiger partial charge in [0, 0.05) is 24.6 Å². The summed E-state index contributed by atoms with van der Waals surface area (Å²) >= 11 is 11.4. The summed E-state index contributed by atoms with van der Waals surface area (Å²) in [5, 5.41) is 10.1. The third-order valence-corrected chi connectivity index (χ3v) is 6.04. The van der Waals surface area contributed by atoms with Gasteiger partial charge in [0.25, 0.3) is 0 Å². The summed E-state index contributed by atoms with van der Waals surface area (Å²) in [7, 11) is 0. The number of thiocarbonyl (C=S) groups is 1. The summed E-state index contributed by atoms with van der Waals surface area (Å²) in [5.41, 5.74) is 0.656. The average molecular weight is 485 g/mol. The first-order valence-electron chi connectivity index (χ1n) is 9.92. The van der Waals surface area contributed by atoms with Crippen LogP contribution in [0.15, 0.2) is 30.5 Å². The van der Waals surface area contributed by atoms with Crippen LogP contribution in [0.25, 0.3) is 5.65 Å². The van der Waals surface area contributed by atoms with Crippen LogP contribution in [0.4, 0.5) is 29.1 Å². The highest BCUT2D eigenvalue weighted by molar-refractivity contribution is 7.80. The van der Waals surface area contributed by atoms with Gasteiger partial charge in [-0.25, -0.2) is 27.1 Å². The number of nitrogens with zero attached hydrogens (tertiary/aromatic N) is 4. The number of rotatable bonds is 4. The van der Waals surface area contributed by atoms with Crippen LogP contribution in [0.2, 0.25) is 5.15 Å². The van der Waals surface area contributed by atoms with Gasteiger partial charge in [0.05, 0.1) is 18.6 Å². The third-order valence-electron chi connectivity index (χ3n) is 5.56. The topological polar surface area (TPSA) is 57.5 Å². The van der Waals surface area contributed by atoms with E-state index in [1.54, 1.807) is 17.2 Å². The van der Waals surface area contributed by atoms with E-state index in [9.17, 15) is 17.6 Å². The zero-order chi connectivity index (χ0) is 22.6. The van der Waals surface area contributed by atoms with Crippen LogP contribution in [0.1, 0.15) is 24.4 Å². The monoisotopic (exact) mass is 484 g/mol. The summed E-state index contributed by atoms with van der Waals surface area (Å²) in [5.74, 6) is -0.877. The van der Waals surface area contributed by atoms with Gasteiger partial charge >= 0.3 is 0 Å². The lowest BCUT2D eigenvalue weighted by Crippen LogP contribution is -2.31. The smallest absolute Gasteiger partial charge is 0.182 e. The summed E-state index contributed by atoms with van der Waals surface area (Å²) < 4.78 is 57.1. The highest BCUT2D eigenvalue weighted by Crippen LogP contribution is 2.38. The Hall–Kier alpha value is -2.66. The SMILES string of the molecule is Fc1ccc(F)c([C@H]2C[C@H](F)CN2c2ccn3nc(Cl)c(NC(=S)N[C@H]4C[C@H]4F)c3n2)c1. The number of hydrogen-bond donors (Lipinski definition) is 2. The van der Waals surface area contributed by atoms with E-state index >= 15 is 0 Å². The molecule has 3 heterocycles. The fourth-order valence-corrected chi connectivity index (χ4v) is 4.36. The maximum Gasteiger partial charge on any atom is 0.182 e. The average Bonchev–Trinajstić information content (AvgIpc) is 3.15. The molecule has 0 amide bonds. The Balaban J connectivity index is 1.48. The van der Waals surface area contributed by atoms with Crippen LogP contribution >= 0.6 is 23.8 Å². The molecule has 1 aromatic carbocycles. The molecule has 1 aliphatic carbocycles. The second-order valence-electron chi connectivity index (χ2n) is 7.84. The van der Waals surface area contributed by atoms with E-state index < -0.39 is 30.0 Å². The Morgan fingerprint density at radius 2 is 1.97 bits per heavy atom. The number of aromatic nitrogens is 3. The van der Waals surface area contributed by atoms with Gasteiger partial charge in [-0.1, -0.05) is 11.6 Å². The molecule has 32 heavy (non-hydrogen) atoms. The Bertz CT molecular complexity index is 1210. The Labute approximate surface area is 190 Å². The number of nitrogens with one attached hydrogen (secondary N) is 2. The van der Waals surface area contributed by atoms with E-state index in [2.05, 4.69) is 20.7 Å². The minimum atomic E-state index is -1.24. The van der Waals surface area contributed by atoms with Crippen molar-refractivity contribution >= 4 is 46.1 Å². The van der Waals surface area contributed by atoms with Crippen molar-refractivity contribution in [1.29, 1.82) is 0 Å². The molecule has 1 saturated heterocycles. The summed E-state index contributed by atoms with van der Waals surface area (Å²) in [6, 6.07) is 3.64. The van der Waals surface area contributed by atoms with E-state index in [1.807, 2.05) is 0 Å². The largest absolute Gasteiger partial charge is 0.357 e. The predicted molar refractivity (Wildman–Crippen MR) is 117 cm³/mol. The summed E-state index contributed by atoms with van der Waals surface area (Å²) in [6.07, 6.45) is -0.227. The quantitative estimate of drug-likeness (QED) is 0.424. The van der Waals surface area contributed by atoms with E-state index in [0.717, 1.165) is 18.2 Å². The van der Waals surface area contributed by atoms with Crippen molar-refractivity contribution in [1.82, 2.24) is 19.9 Å². The van der Waals surface area contributed by atoms with E-state index in [-0.39, 0.29) is 34.8 Å². The highest BCUT2D eigenvalue weighted by atomic mass is 35.5. The number of fused-ring (bicyclic) bond motifs is 1. The molecule has 168 valence electrons. The number of benzene rings is 1. The highest BCUT2D eigenvalue weighted by Gasteiger charge is 2.38. The Morgan fingerprint density at radius 3 is 2.72 bits per heavy atom. The fraction of sp³-hybridized carbons (Fsp3) is 0.350. The van der Waals surface area contributed by atoms with E-state index in [1.165, 1.54) is 4.52 Å². The van der Waals surface area contributed by atoms with Crippen LogP contribution in [-0.4, -0.2) is 44.6 Å². The van der Waals surface area contributed by atoms with Crippen molar-refractivity contribution in [2.45, 2.75) is 37.3 Å². The molecule has 12 heteroatoms. The lowest BCUT2D eigenvalue weighted by atomic mass is 10.0. The molecule has 2 aromatic heterocycles. The van der Waals surface area contributed by atoms with Gasteiger partial charge in [-0.15, -0.1) is 0 Å². The maximum absolute atomic E-state index is 14.4. The van der Waals surface area contributed by atoms with Crippen molar-refractivity contribution in [2.75, 3.05) is 16.8 Å². The molecular weight excluding hydrogens is 468 g/mol. The van der Waals surface area contributed by atoms with Gasteiger partial charge in [0.15, 0.2) is 15.9 Å². The lowest BCUT2D eigenvalue weighted by Gasteiger charge is -2.26. The molecule has 2 aliphatic rings. The standard InChI is InChI=1S/C20H17ClF4N6S/c21-18-17(28-20(32)26-14-7-13(14)25)19-27-16(3-4-31(19)29-18)30-8-10(23)6-15(30)11-5-9(22)1-2-12(11)24/h1-5,10,13-15H,6-8H2,(H2,26,28,32)/t10-,13+,14-,15+/m0/s1. The molecule has 1 aliphatic heterocycles. The number of anilines is 2. The van der Waals surface area contributed by atoms with Gasteiger partial charge < -0.3 is 15.5 Å². The fourth-order valence-electron chi connectivity index (χ4n) is 3.89. The second kappa shape index (κ2) is 8.04. The summed E-state index contributed by atoms with van der Waals surface area (Å²) in [6.45, 7) is -0.0338. The molecule has 2 fully saturated rings. The number of alkyl halides is 2. The molecule has 0 radical (unpaired) electrons. The van der Waals surface area contributed by atoms with Crippen LogP contribution in [0.5, 0.6) is 0 Å². The van der Waals surface area contributed by atoms with Gasteiger partial charge in [0.2, 0.25) is 0 Å². The van der Waals surface area contributed by atoms with E-state index in [4.69, 9.17) is 23.8 Å². The normalized spacial score (nSPS) is 24.7. The molecular formula is C20H17ClF4N6S. The Morgan fingerprint density at radius 1 is 1.19 bits per heavy atom. The molecule has 2 N–H and O–H groups in total. The van der Waals surface area contributed by atoms with Crippen LogP contribution in [0.3, 0.4) is 0 Å². The van der Waals surface area contributed by atoms with Crippen molar-refractivity contribution in [3.05, 3.63) is 52.8 Å².